The van der Waals surface area contributed by atoms with Crippen LogP contribution in [0.4, 0.5) is 5.82 Å². The van der Waals surface area contributed by atoms with Crippen molar-refractivity contribution in [3.63, 3.8) is 0 Å². The first-order chi connectivity index (χ1) is 9.13. The molecule has 0 fully saturated rings. The highest BCUT2D eigenvalue weighted by Crippen LogP contribution is 2.21. The van der Waals surface area contributed by atoms with Crippen molar-refractivity contribution < 1.29 is 4.42 Å². The van der Waals surface area contributed by atoms with Crippen LogP contribution in [0.1, 0.15) is 11.5 Å². The van der Waals surface area contributed by atoms with E-state index in [2.05, 4.69) is 15.1 Å². The number of nitrogens with two attached hydrogens (primary N) is 1. The topological polar surface area (TPSA) is 82.8 Å². The summed E-state index contributed by atoms with van der Waals surface area (Å²) < 4.78 is 7.22. The van der Waals surface area contributed by atoms with Crippen molar-refractivity contribution >= 4 is 5.82 Å². The fraction of sp³-hybridized carbons (Fsp3) is 0.154. The molecule has 0 spiro atoms. The first-order valence-corrected chi connectivity index (χ1v) is 5.86. The van der Waals surface area contributed by atoms with Gasteiger partial charge in [-0.05, 0) is 32.0 Å². The third kappa shape index (κ3) is 2.08. The zero-order chi connectivity index (χ0) is 13.4. The van der Waals surface area contributed by atoms with Crippen LogP contribution >= 0.6 is 0 Å². The predicted molar refractivity (Wildman–Crippen MR) is 70.7 cm³/mol. The van der Waals surface area contributed by atoms with Gasteiger partial charge in [0.1, 0.15) is 11.6 Å². The van der Waals surface area contributed by atoms with Crippen LogP contribution < -0.4 is 5.73 Å². The van der Waals surface area contributed by atoms with Gasteiger partial charge in [-0.1, -0.05) is 0 Å². The van der Waals surface area contributed by atoms with Crippen molar-refractivity contribution in [3.8, 4) is 17.4 Å². The van der Waals surface area contributed by atoms with Crippen LogP contribution in [-0.4, -0.2) is 19.7 Å². The van der Waals surface area contributed by atoms with Crippen molar-refractivity contribution in [2.24, 2.45) is 0 Å². The Balaban J connectivity index is 2.13. The molecule has 0 aliphatic carbocycles. The van der Waals surface area contributed by atoms with Gasteiger partial charge in [-0.2, -0.15) is 5.10 Å². The first kappa shape index (κ1) is 11.5. The molecular formula is C13H13N5O. The highest BCUT2D eigenvalue weighted by Gasteiger charge is 2.11. The fourth-order valence-corrected chi connectivity index (χ4v) is 1.84. The summed E-state index contributed by atoms with van der Waals surface area (Å²) in [6, 6.07) is 7.26. The maximum atomic E-state index is 5.83. The predicted octanol–water partition coefficient (Wildman–Crippen LogP) is 2.12. The van der Waals surface area contributed by atoms with E-state index in [0.717, 1.165) is 11.5 Å². The van der Waals surface area contributed by atoms with E-state index in [1.807, 2.05) is 32.0 Å². The Morgan fingerprint density at radius 1 is 1.16 bits per heavy atom. The smallest absolute Gasteiger partial charge is 0.199 e. The molecule has 0 amide bonds. The third-order valence-electron chi connectivity index (χ3n) is 2.74. The second-order valence-electron chi connectivity index (χ2n) is 4.27. The van der Waals surface area contributed by atoms with Crippen LogP contribution in [-0.2, 0) is 0 Å². The van der Waals surface area contributed by atoms with E-state index in [1.54, 1.807) is 16.9 Å². The van der Waals surface area contributed by atoms with E-state index in [9.17, 15) is 0 Å². The molecule has 19 heavy (non-hydrogen) atoms. The monoisotopic (exact) mass is 255 g/mol. The summed E-state index contributed by atoms with van der Waals surface area (Å²) in [5.74, 6) is 2.86. The minimum Gasteiger partial charge on any atom is -0.458 e. The number of nitrogen functional groups attached to an aromatic ring is 1. The fourth-order valence-electron chi connectivity index (χ4n) is 1.84. The minimum atomic E-state index is 0.379. The molecule has 3 heterocycles. The molecule has 0 radical (unpaired) electrons. The Hall–Kier alpha value is -2.63. The highest BCUT2D eigenvalue weighted by atomic mass is 16.3. The lowest BCUT2D eigenvalue weighted by molar-refractivity contribution is 0.544. The SMILES string of the molecule is Cc1ccc(-c2nc(N)cc(-n3nccc3C)n2)o1. The zero-order valence-corrected chi connectivity index (χ0v) is 10.7. The zero-order valence-electron chi connectivity index (χ0n) is 10.7. The van der Waals surface area contributed by atoms with Crippen molar-refractivity contribution in [2.75, 3.05) is 5.73 Å². The Morgan fingerprint density at radius 3 is 2.63 bits per heavy atom. The molecule has 96 valence electrons. The van der Waals surface area contributed by atoms with E-state index >= 15 is 0 Å². The standard InChI is InChI=1S/C13H13N5O/c1-8-5-6-15-18(8)12-7-11(14)16-13(17-12)10-4-3-9(2)19-10/h3-7H,1-2H3,(H2,14,16,17). The van der Waals surface area contributed by atoms with Crippen molar-refractivity contribution in [2.45, 2.75) is 13.8 Å². The lowest BCUT2D eigenvalue weighted by atomic mass is 10.4. The molecule has 0 aliphatic heterocycles. The number of rotatable bonds is 2. The van der Waals surface area contributed by atoms with E-state index in [4.69, 9.17) is 10.2 Å². The minimum absolute atomic E-state index is 0.379. The number of nitrogens with zero attached hydrogens (tertiary/aromatic N) is 4. The molecule has 3 aromatic rings. The molecule has 0 aliphatic rings. The summed E-state index contributed by atoms with van der Waals surface area (Å²) in [4.78, 5) is 8.62. The number of hydrogen-bond acceptors (Lipinski definition) is 5. The van der Waals surface area contributed by atoms with Gasteiger partial charge in [0.15, 0.2) is 17.4 Å². The lowest BCUT2D eigenvalue weighted by Gasteiger charge is -2.06. The summed E-state index contributed by atoms with van der Waals surface area (Å²) in [6.45, 7) is 3.82. The molecule has 6 heteroatoms. The van der Waals surface area contributed by atoms with Crippen LogP contribution in [0, 0.1) is 13.8 Å². The molecule has 3 rings (SSSR count). The average Bonchev–Trinajstić information content (AvgIpc) is 2.97. The molecule has 0 unspecified atom stereocenters. The maximum Gasteiger partial charge on any atom is 0.199 e. The lowest BCUT2D eigenvalue weighted by Crippen LogP contribution is -2.05. The summed E-state index contributed by atoms with van der Waals surface area (Å²) in [5, 5.41) is 4.21. The Labute approximate surface area is 109 Å². The molecule has 0 atom stereocenters. The van der Waals surface area contributed by atoms with Gasteiger partial charge in [-0.3, -0.25) is 0 Å². The summed E-state index contributed by atoms with van der Waals surface area (Å²) in [6.07, 6.45) is 1.71. The molecule has 2 N–H and O–H groups in total. The second-order valence-corrected chi connectivity index (χ2v) is 4.27. The van der Waals surface area contributed by atoms with Crippen LogP contribution in [0.25, 0.3) is 17.4 Å². The molecule has 0 bridgehead atoms. The molecule has 3 aromatic heterocycles. The highest BCUT2D eigenvalue weighted by molar-refractivity contribution is 5.53. The first-order valence-electron chi connectivity index (χ1n) is 5.86. The third-order valence-corrected chi connectivity index (χ3v) is 2.74. The Bertz CT molecular complexity index is 728. The van der Waals surface area contributed by atoms with Gasteiger partial charge >= 0.3 is 0 Å². The van der Waals surface area contributed by atoms with Crippen molar-refractivity contribution in [1.29, 1.82) is 0 Å². The van der Waals surface area contributed by atoms with Crippen LogP contribution in [0.5, 0.6) is 0 Å². The number of hydrogen-bond donors (Lipinski definition) is 1. The summed E-state index contributed by atoms with van der Waals surface area (Å²) >= 11 is 0. The number of anilines is 1. The van der Waals surface area contributed by atoms with Gasteiger partial charge in [0.05, 0.1) is 0 Å². The Morgan fingerprint density at radius 2 is 2.00 bits per heavy atom. The van der Waals surface area contributed by atoms with E-state index in [-0.39, 0.29) is 0 Å². The molecule has 0 aromatic carbocycles. The van der Waals surface area contributed by atoms with E-state index in [0.29, 0.717) is 23.2 Å². The maximum absolute atomic E-state index is 5.83. The van der Waals surface area contributed by atoms with Crippen molar-refractivity contribution in [1.82, 2.24) is 19.7 Å². The van der Waals surface area contributed by atoms with Gasteiger partial charge in [0, 0.05) is 18.0 Å². The van der Waals surface area contributed by atoms with Crippen LogP contribution in [0.3, 0.4) is 0 Å². The quantitative estimate of drug-likeness (QED) is 0.758. The number of furan rings is 1. The molecule has 0 saturated heterocycles. The summed E-state index contributed by atoms with van der Waals surface area (Å²) in [7, 11) is 0. The van der Waals surface area contributed by atoms with Crippen molar-refractivity contribution in [3.05, 3.63) is 41.9 Å². The normalized spacial score (nSPS) is 10.8. The summed E-state index contributed by atoms with van der Waals surface area (Å²) in [5.41, 5.74) is 6.80. The van der Waals surface area contributed by atoms with Gasteiger partial charge in [-0.25, -0.2) is 14.6 Å². The number of aryl methyl sites for hydroxylation is 2. The van der Waals surface area contributed by atoms with E-state index < -0.39 is 0 Å². The second kappa shape index (κ2) is 4.24. The average molecular weight is 255 g/mol. The van der Waals surface area contributed by atoms with Gasteiger partial charge in [-0.15, -0.1) is 0 Å². The largest absolute Gasteiger partial charge is 0.458 e. The van der Waals surface area contributed by atoms with Gasteiger partial charge in [0.2, 0.25) is 0 Å². The molecular weight excluding hydrogens is 242 g/mol. The Kier molecular flexibility index (Phi) is 2.56. The van der Waals surface area contributed by atoms with E-state index in [1.165, 1.54) is 0 Å². The van der Waals surface area contributed by atoms with Crippen LogP contribution in [0.2, 0.25) is 0 Å². The molecule has 0 saturated carbocycles. The van der Waals surface area contributed by atoms with Gasteiger partial charge < -0.3 is 10.2 Å². The number of aromatic nitrogens is 4. The van der Waals surface area contributed by atoms with Gasteiger partial charge in [0.25, 0.3) is 0 Å². The molecule has 6 nitrogen and oxygen atoms in total. The van der Waals surface area contributed by atoms with Crippen LogP contribution in [0.15, 0.2) is 34.9 Å².